The van der Waals surface area contributed by atoms with Gasteiger partial charge in [0.15, 0.2) is 5.78 Å². The third-order valence-corrected chi connectivity index (χ3v) is 2.47. The molecular formula is C12H12N2O. The van der Waals surface area contributed by atoms with Crippen LogP contribution >= 0.6 is 0 Å². The Kier molecular flexibility index (Phi) is 2.47. The van der Waals surface area contributed by atoms with Crippen LogP contribution in [0.4, 0.5) is 0 Å². The van der Waals surface area contributed by atoms with Crippen molar-refractivity contribution in [2.75, 3.05) is 6.54 Å². The van der Waals surface area contributed by atoms with Crippen LogP contribution in [-0.4, -0.2) is 17.3 Å². The molecule has 0 radical (unpaired) electrons. The molecule has 0 saturated carbocycles. The molecule has 0 spiro atoms. The summed E-state index contributed by atoms with van der Waals surface area (Å²) < 4.78 is 0. The highest BCUT2D eigenvalue weighted by molar-refractivity contribution is 6.01. The number of carbonyl (C=O) groups is 1. The molecular weight excluding hydrogens is 188 g/mol. The smallest absolute Gasteiger partial charge is 0.176 e. The van der Waals surface area contributed by atoms with Gasteiger partial charge in [-0.2, -0.15) is 0 Å². The van der Waals surface area contributed by atoms with Crippen molar-refractivity contribution in [2.45, 2.75) is 6.92 Å². The van der Waals surface area contributed by atoms with Gasteiger partial charge in [0.25, 0.3) is 0 Å². The minimum Gasteiger partial charge on any atom is -0.324 e. The minimum absolute atomic E-state index is 0.0358. The van der Waals surface area contributed by atoms with Gasteiger partial charge < -0.3 is 5.73 Å². The molecule has 3 nitrogen and oxygen atoms in total. The summed E-state index contributed by atoms with van der Waals surface area (Å²) in [4.78, 5) is 15.6. The molecule has 1 aromatic heterocycles. The number of nitrogens with two attached hydrogens (primary N) is 1. The largest absolute Gasteiger partial charge is 0.324 e. The molecule has 0 aliphatic carbocycles. The lowest BCUT2D eigenvalue weighted by atomic mass is 10.0. The van der Waals surface area contributed by atoms with Crippen molar-refractivity contribution in [3.8, 4) is 0 Å². The number of nitrogens with zero attached hydrogens (tertiary/aromatic N) is 1. The number of aryl methyl sites for hydroxylation is 1. The van der Waals surface area contributed by atoms with E-state index >= 15 is 0 Å². The molecule has 3 heteroatoms. The second-order valence-corrected chi connectivity index (χ2v) is 3.46. The molecule has 0 fully saturated rings. The fraction of sp³-hybridized carbons (Fsp3) is 0.167. The Morgan fingerprint density at radius 1 is 1.40 bits per heavy atom. The number of aromatic nitrogens is 1. The zero-order chi connectivity index (χ0) is 10.8. The SMILES string of the molecule is Cc1nccc2cc(C(=O)CN)ccc12. The third kappa shape index (κ3) is 1.74. The molecule has 2 N–H and O–H groups in total. The van der Waals surface area contributed by atoms with Crippen molar-refractivity contribution in [3.05, 3.63) is 41.7 Å². The summed E-state index contributed by atoms with van der Waals surface area (Å²) in [6.45, 7) is 2.00. The maximum absolute atomic E-state index is 11.4. The Morgan fingerprint density at radius 2 is 2.20 bits per heavy atom. The zero-order valence-corrected chi connectivity index (χ0v) is 8.53. The van der Waals surface area contributed by atoms with Gasteiger partial charge in [0, 0.05) is 22.8 Å². The summed E-state index contributed by atoms with van der Waals surface area (Å²) in [5.74, 6) is -0.0358. The molecule has 0 saturated heterocycles. The first kappa shape index (κ1) is 9.80. The predicted molar refractivity (Wildman–Crippen MR) is 59.9 cm³/mol. The lowest BCUT2D eigenvalue weighted by Crippen LogP contribution is -2.13. The monoisotopic (exact) mass is 200 g/mol. The van der Waals surface area contributed by atoms with Crippen molar-refractivity contribution in [3.63, 3.8) is 0 Å². The number of rotatable bonds is 2. The molecule has 15 heavy (non-hydrogen) atoms. The number of pyridine rings is 1. The van der Waals surface area contributed by atoms with Gasteiger partial charge in [-0.15, -0.1) is 0 Å². The first-order valence-corrected chi connectivity index (χ1v) is 4.81. The van der Waals surface area contributed by atoms with Crippen LogP contribution in [0.1, 0.15) is 16.1 Å². The van der Waals surface area contributed by atoms with E-state index in [9.17, 15) is 4.79 Å². The van der Waals surface area contributed by atoms with Gasteiger partial charge in [0.05, 0.1) is 6.54 Å². The molecule has 2 aromatic rings. The summed E-state index contributed by atoms with van der Waals surface area (Å²) in [5, 5.41) is 2.10. The second kappa shape index (κ2) is 3.79. The lowest BCUT2D eigenvalue weighted by Gasteiger charge is -2.03. The van der Waals surface area contributed by atoms with Crippen molar-refractivity contribution in [2.24, 2.45) is 5.73 Å². The normalized spacial score (nSPS) is 10.5. The number of carbonyl (C=O) groups excluding carboxylic acids is 1. The molecule has 1 heterocycles. The second-order valence-electron chi connectivity index (χ2n) is 3.46. The van der Waals surface area contributed by atoms with Gasteiger partial charge in [-0.25, -0.2) is 0 Å². The fourth-order valence-corrected chi connectivity index (χ4v) is 1.62. The number of ketones is 1. The molecule has 1 aromatic carbocycles. The lowest BCUT2D eigenvalue weighted by molar-refractivity contribution is 0.100. The topological polar surface area (TPSA) is 56.0 Å². The highest BCUT2D eigenvalue weighted by Crippen LogP contribution is 2.17. The van der Waals surface area contributed by atoms with Gasteiger partial charge >= 0.3 is 0 Å². The Bertz CT molecular complexity index is 520. The zero-order valence-electron chi connectivity index (χ0n) is 8.53. The van der Waals surface area contributed by atoms with Crippen LogP contribution in [0.25, 0.3) is 10.8 Å². The van der Waals surface area contributed by atoms with Crippen molar-refractivity contribution in [1.29, 1.82) is 0 Å². The maximum Gasteiger partial charge on any atom is 0.176 e. The van der Waals surface area contributed by atoms with E-state index < -0.39 is 0 Å². The maximum atomic E-state index is 11.4. The number of hydrogen-bond donors (Lipinski definition) is 1. The van der Waals surface area contributed by atoms with Crippen LogP contribution in [0.2, 0.25) is 0 Å². The van der Waals surface area contributed by atoms with E-state index in [-0.39, 0.29) is 12.3 Å². The molecule has 0 amide bonds. The van der Waals surface area contributed by atoms with Crippen LogP contribution in [0.15, 0.2) is 30.5 Å². The summed E-state index contributed by atoms with van der Waals surface area (Å²) in [6.07, 6.45) is 1.74. The average Bonchev–Trinajstić information content (AvgIpc) is 2.28. The van der Waals surface area contributed by atoms with Gasteiger partial charge in [-0.3, -0.25) is 9.78 Å². The molecule has 76 valence electrons. The molecule has 0 bridgehead atoms. The van der Waals surface area contributed by atoms with E-state index in [1.54, 1.807) is 12.3 Å². The van der Waals surface area contributed by atoms with Crippen molar-refractivity contribution >= 4 is 16.6 Å². The summed E-state index contributed by atoms with van der Waals surface area (Å²) in [7, 11) is 0. The number of benzene rings is 1. The van der Waals surface area contributed by atoms with Crippen LogP contribution in [0.5, 0.6) is 0 Å². The standard InChI is InChI=1S/C12H12N2O/c1-8-11-3-2-10(12(15)7-13)6-9(11)4-5-14-8/h2-6H,7,13H2,1H3. The van der Waals surface area contributed by atoms with E-state index in [1.165, 1.54) is 0 Å². The quantitative estimate of drug-likeness (QED) is 0.750. The highest BCUT2D eigenvalue weighted by atomic mass is 16.1. The average molecular weight is 200 g/mol. The summed E-state index contributed by atoms with van der Waals surface area (Å²) in [6, 6.07) is 7.47. The van der Waals surface area contributed by atoms with Crippen molar-refractivity contribution in [1.82, 2.24) is 4.98 Å². The molecule has 2 rings (SSSR count). The Labute approximate surface area is 87.9 Å². The predicted octanol–water partition coefficient (Wildman–Crippen LogP) is 1.68. The van der Waals surface area contributed by atoms with Gasteiger partial charge in [0.2, 0.25) is 0 Å². The first-order valence-electron chi connectivity index (χ1n) is 4.81. The van der Waals surface area contributed by atoms with Crippen LogP contribution < -0.4 is 5.73 Å². The molecule has 0 unspecified atom stereocenters. The van der Waals surface area contributed by atoms with E-state index in [0.29, 0.717) is 5.56 Å². The number of Topliss-reactive ketones (excluding diaryl/α,β-unsaturated/α-hetero) is 1. The molecule has 0 aliphatic heterocycles. The Hall–Kier alpha value is -1.74. The Balaban J connectivity index is 2.62. The van der Waals surface area contributed by atoms with E-state index in [2.05, 4.69) is 4.98 Å². The van der Waals surface area contributed by atoms with Gasteiger partial charge in [-0.05, 0) is 24.4 Å². The molecule has 0 atom stereocenters. The van der Waals surface area contributed by atoms with E-state index in [4.69, 9.17) is 5.73 Å². The fourth-order valence-electron chi connectivity index (χ4n) is 1.62. The number of hydrogen-bond acceptors (Lipinski definition) is 3. The first-order chi connectivity index (χ1) is 7.22. The highest BCUT2D eigenvalue weighted by Gasteiger charge is 2.05. The number of fused-ring (bicyclic) bond motifs is 1. The van der Waals surface area contributed by atoms with Crippen LogP contribution in [-0.2, 0) is 0 Å². The summed E-state index contributed by atoms with van der Waals surface area (Å²) >= 11 is 0. The van der Waals surface area contributed by atoms with Crippen LogP contribution in [0, 0.1) is 6.92 Å². The third-order valence-electron chi connectivity index (χ3n) is 2.47. The van der Waals surface area contributed by atoms with Gasteiger partial charge in [0.1, 0.15) is 0 Å². The van der Waals surface area contributed by atoms with Crippen molar-refractivity contribution < 1.29 is 4.79 Å². The van der Waals surface area contributed by atoms with E-state index in [1.807, 2.05) is 25.1 Å². The summed E-state index contributed by atoms with van der Waals surface area (Å²) in [5.41, 5.74) is 6.95. The van der Waals surface area contributed by atoms with E-state index in [0.717, 1.165) is 16.5 Å². The molecule has 0 aliphatic rings. The Morgan fingerprint density at radius 3 is 2.93 bits per heavy atom. The van der Waals surface area contributed by atoms with Gasteiger partial charge in [-0.1, -0.05) is 12.1 Å². The van der Waals surface area contributed by atoms with Crippen LogP contribution in [0.3, 0.4) is 0 Å². The minimum atomic E-state index is -0.0358.